The van der Waals surface area contributed by atoms with E-state index in [2.05, 4.69) is 15.5 Å². The third-order valence-corrected chi connectivity index (χ3v) is 6.62. The summed E-state index contributed by atoms with van der Waals surface area (Å²) in [7, 11) is -1.21. The molecule has 0 radical (unpaired) electrons. The van der Waals surface area contributed by atoms with Gasteiger partial charge >= 0.3 is 6.03 Å². The number of aromatic nitrogens is 2. The Morgan fingerprint density at radius 2 is 1.92 bits per heavy atom. The Hall–Kier alpha value is -2.35. The van der Waals surface area contributed by atoms with E-state index in [1.54, 1.807) is 11.9 Å². The van der Waals surface area contributed by atoms with Crippen molar-refractivity contribution >= 4 is 15.9 Å². The molecule has 26 heavy (non-hydrogen) atoms. The third kappa shape index (κ3) is 4.24. The molecule has 140 valence electrons. The van der Waals surface area contributed by atoms with Gasteiger partial charge in [0.05, 0.1) is 28.9 Å². The highest BCUT2D eigenvalue weighted by molar-refractivity contribution is 7.91. The minimum Gasteiger partial charge on any atom is -0.335 e. The number of benzene rings is 1. The number of H-pyrrole nitrogens is 1. The zero-order valence-electron chi connectivity index (χ0n) is 15.0. The average molecular weight is 376 g/mol. The van der Waals surface area contributed by atoms with Crippen molar-refractivity contribution < 1.29 is 13.2 Å². The van der Waals surface area contributed by atoms with Crippen LogP contribution in [0, 0.1) is 0 Å². The van der Waals surface area contributed by atoms with Gasteiger partial charge in [0, 0.05) is 18.7 Å². The number of sulfone groups is 1. The highest BCUT2D eigenvalue weighted by Crippen LogP contribution is 2.23. The largest absolute Gasteiger partial charge is 0.335 e. The molecular formula is C18H24N4O3S. The fourth-order valence-corrected chi connectivity index (χ4v) is 4.49. The number of urea groups is 1. The van der Waals surface area contributed by atoms with Crippen LogP contribution < -0.4 is 5.32 Å². The first-order valence-electron chi connectivity index (χ1n) is 8.70. The zero-order valence-corrected chi connectivity index (χ0v) is 15.8. The van der Waals surface area contributed by atoms with Gasteiger partial charge in [-0.25, -0.2) is 13.2 Å². The zero-order chi connectivity index (χ0) is 18.7. The van der Waals surface area contributed by atoms with Gasteiger partial charge < -0.3 is 10.2 Å². The molecule has 1 aliphatic rings. The normalized spacial score (nSPS) is 18.2. The Balaban J connectivity index is 1.61. The second-order valence-electron chi connectivity index (χ2n) is 6.74. The van der Waals surface area contributed by atoms with Gasteiger partial charge in [0.15, 0.2) is 0 Å². The maximum atomic E-state index is 12.5. The molecule has 2 aromatic rings. The monoisotopic (exact) mass is 376 g/mol. The molecule has 0 bridgehead atoms. The predicted molar refractivity (Wildman–Crippen MR) is 100 cm³/mol. The number of carbonyl (C=O) groups excluding carboxylic acids is 1. The first-order valence-corrected chi connectivity index (χ1v) is 10.5. The van der Waals surface area contributed by atoms with Crippen LogP contribution in [0.4, 0.5) is 4.79 Å². The SMILES string of the molecule is C[C@@H](c1cc(-c2ccccc2)n[nH]1)N(C)C(=O)NC1CCS(=O)(=O)CC1. The summed E-state index contributed by atoms with van der Waals surface area (Å²) in [6.07, 6.45) is 0.941. The fraction of sp³-hybridized carbons (Fsp3) is 0.444. The van der Waals surface area contributed by atoms with Crippen molar-refractivity contribution in [2.24, 2.45) is 0 Å². The van der Waals surface area contributed by atoms with Gasteiger partial charge in [-0.1, -0.05) is 30.3 Å². The maximum absolute atomic E-state index is 12.5. The van der Waals surface area contributed by atoms with Gasteiger partial charge in [-0.15, -0.1) is 0 Å². The van der Waals surface area contributed by atoms with Gasteiger partial charge in [-0.3, -0.25) is 5.10 Å². The lowest BCUT2D eigenvalue weighted by Gasteiger charge is -2.29. The topological polar surface area (TPSA) is 95.2 Å². The summed E-state index contributed by atoms with van der Waals surface area (Å²) in [5, 5.41) is 10.3. The molecule has 1 atom stereocenters. The molecule has 2 amide bonds. The van der Waals surface area contributed by atoms with Crippen LogP contribution in [-0.4, -0.2) is 54.1 Å². The molecule has 7 nitrogen and oxygen atoms in total. The Morgan fingerprint density at radius 3 is 2.58 bits per heavy atom. The Morgan fingerprint density at radius 1 is 1.27 bits per heavy atom. The molecule has 2 heterocycles. The molecule has 1 fully saturated rings. The minimum atomic E-state index is -2.93. The molecule has 8 heteroatoms. The quantitative estimate of drug-likeness (QED) is 0.856. The number of nitrogens with one attached hydrogen (secondary N) is 2. The summed E-state index contributed by atoms with van der Waals surface area (Å²) >= 11 is 0. The number of hydrogen-bond donors (Lipinski definition) is 2. The van der Waals surface area contributed by atoms with Crippen LogP contribution in [0.3, 0.4) is 0 Å². The van der Waals surface area contributed by atoms with Gasteiger partial charge in [-0.2, -0.15) is 5.10 Å². The number of carbonyl (C=O) groups is 1. The highest BCUT2D eigenvalue weighted by Gasteiger charge is 2.27. The molecule has 1 aromatic carbocycles. The van der Waals surface area contributed by atoms with Crippen molar-refractivity contribution in [1.82, 2.24) is 20.4 Å². The second kappa shape index (κ2) is 7.49. The van der Waals surface area contributed by atoms with Crippen molar-refractivity contribution in [3.8, 4) is 11.3 Å². The highest BCUT2D eigenvalue weighted by atomic mass is 32.2. The lowest BCUT2D eigenvalue weighted by molar-refractivity contribution is 0.188. The fourth-order valence-electron chi connectivity index (χ4n) is 3.00. The summed E-state index contributed by atoms with van der Waals surface area (Å²) < 4.78 is 23.0. The van der Waals surface area contributed by atoms with E-state index in [1.165, 1.54) is 0 Å². The van der Waals surface area contributed by atoms with E-state index in [9.17, 15) is 13.2 Å². The van der Waals surface area contributed by atoms with E-state index in [4.69, 9.17) is 0 Å². The molecule has 0 spiro atoms. The number of amides is 2. The van der Waals surface area contributed by atoms with Crippen LogP contribution in [0.2, 0.25) is 0 Å². The van der Waals surface area contributed by atoms with Crippen LogP contribution in [0.1, 0.15) is 31.5 Å². The van der Waals surface area contributed by atoms with Crippen LogP contribution in [0.25, 0.3) is 11.3 Å². The summed E-state index contributed by atoms with van der Waals surface area (Å²) in [5.74, 6) is 0.274. The van der Waals surface area contributed by atoms with Crippen LogP contribution >= 0.6 is 0 Å². The molecule has 1 aliphatic heterocycles. The summed E-state index contributed by atoms with van der Waals surface area (Å²) in [5.41, 5.74) is 2.68. The van der Waals surface area contributed by atoms with E-state index in [0.29, 0.717) is 12.8 Å². The third-order valence-electron chi connectivity index (χ3n) is 4.90. The molecule has 0 saturated carbocycles. The first kappa shape index (κ1) is 18.4. The maximum Gasteiger partial charge on any atom is 0.317 e. The Kier molecular flexibility index (Phi) is 5.31. The minimum absolute atomic E-state index is 0.0951. The van der Waals surface area contributed by atoms with Crippen molar-refractivity contribution in [2.75, 3.05) is 18.6 Å². The van der Waals surface area contributed by atoms with Gasteiger partial charge in [-0.05, 0) is 25.8 Å². The number of nitrogens with zero attached hydrogens (tertiary/aromatic N) is 2. The van der Waals surface area contributed by atoms with Crippen LogP contribution in [0.5, 0.6) is 0 Å². The van der Waals surface area contributed by atoms with Crippen molar-refractivity contribution in [2.45, 2.75) is 31.8 Å². The van der Waals surface area contributed by atoms with E-state index in [0.717, 1.165) is 17.0 Å². The molecular weight excluding hydrogens is 352 g/mol. The Labute approximate surface area is 153 Å². The lowest BCUT2D eigenvalue weighted by atomic mass is 10.1. The molecule has 1 aromatic heterocycles. The van der Waals surface area contributed by atoms with E-state index in [1.807, 2.05) is 43.3 Å². The van der Waals surface area contributed by atoms with E-state index in [-0.39, 0.29) is 29.6 Å². The summed E-state index contributed by atoms with van der Waals surface area (Å²) in [6.45, 7) is 1.92. The average Bonchev–Trinajstić information content (AvgIpc) is 3.13. The van der Waals surface area contributed by atoms with E-state index >= 15 is 0 Å². The number of rotatable bonds is 4. The summed E-state index contributed by atoms with van der Waals surface area (Å²) in [6, 6.07) is 11.3. The van der Waals surface area contributed by atoms with E-state index < -0.39 is 9.84 Å². The molecule has 1 saturated heterocycles. The lowest BCUT2D eigenvalue weighted by Crippen LogP contribution is -2.46. The predicted octanol–water partition coefficient (Wildman–Crippen LogP) is 2.36. The van der Waals surface area contributed by atoms with Crippen LogP contribution in [-0.2, 0) is 9.84 Å². The molecule has 0 unspecified atom stereocenters. The standard InChI is InChI=1S/C18H24N4O3S/c1-13(16-12-17(21-20-16)14-6-4-3-5-7-14)22(2)18(23)19-15-8-10-26(24,25)11-9-15/h3-7,12-13,15H,8-11H2,1-2H3,(H,19,23)(H,20,21)/t13-/m0/s1. The van der Waals surface area contributed by atoms with Crippen molar-refractivity contribution in [3.63, 3.8) is 0 Å². The summed E-state index contributed by atoms with van der Waals surface area (Å²) in [4.78, 5) is 14.1. The molecule has 2 N–H and O–H groups in total. The van der Waals surface area contributed by atoms with Crippen molar-refractivity contribution in [1.29, 1.82) is 0 Å². The number of aromatic amines is 1. The van der Waals surface area contributed by atoms with Gasteiger partial charge in [0.25, 0.3) is 0 Å². The van der Waals surface area contributed by atoms with Crippen LogP contribution in [0.15, 0.2) is 36.4 Å². The van der Waals surface area contributed by atoms with Crippen molar-refractivity contribution in [3.05, 3.63) is 42.1 Å². The first-order chi connectivity index (χ1) is 12.4. The number of hydrogen-bond acceptors (Lipinski definition) is 4. The molecule has 3 rings (SSSR count). The smallest absolute Gasteiger partial charge is 0.317 e. The molecule has 0 aliphatic carbocycles. The van der Waals surface area contributed by atoms with Gasteiger partial charge in [0.1, 0.15) is 9.84 Å². The Bertz CT molecular complexity index is 850. The van der Waals surface area contributed by atoms with Gasteiger partial charge in [0.2, 0.25) is 0 Å². The second-order valence-corrected chi connectivity index (χ2v) is 9.04.